The maximum absolute atomic E-state index is 12.5. The number of hydrogen-bond acceptors (Lipinski definition) is 20. The van der Waals surface area contributed by atoms with Crippen molar-refractivity contribution in [3.8, 4) is 0 Å². The summed E-state index contributed by atoms with van der Waals surface area (Å²) in [6, 6.07) is 0. The number of anilines is 2. The standard InChI is InChI=1S/C21H29N10O18P3/c1-29-5-31(15-9(29)17(37)28-21(23)26-15)19-13(35)11(33)7(47-19)3-45-51(40,41)49-52(42,43)48-50(38,39)44-2-6-10(32)12(34)18(46-6)30-4-24-8-14(30)25-20(22)27-16(8)36/h4-7,10-13,18-19,32-35H,2-3H2,1H3,(H8-,22,23,25,26,27,28,36,37,38,39,40,41,42,43)/p+1/t6-,7-,10-,11-,12-,13-,18-,19-/m1/s1. The number of phosphoric ester groups is 2. The van der Waals surface area contributed by atoms with Crippen LogP contribution in [0.4, 0.5) is 11.9 Å². The van der Waals surface area contributed by atoms with E-state index < -0.39 is 96.9 Å². The minimum Gasteiger partial charge on any atom is -0.387 e. The number of rotatable bonds is 12. The molecule has 13 N–H and O–H groups in total. The SMILES string of the molecule is Cn1c[n+]([C@@H]2O[C@H](COP(=O)(O)OP(=O)(O)OP(=O)(O)OC[C@H]3O[C@@H](n4cnc5c(=O)[nH]c(N)nc54)[C@H](O)[C@@H]3O)[C@@H](O)[C@H]2O)c2nc(N)[nH]c(=O)c21. The lowest BCUT2D eigenvalue weighted by Gasteiger charge is -2.21. The monoisotopic (exact) mass is 803 g/mol. The molecule has 31 heteroatoms. The van der Waals surface area contributed by atoms with Crippen LogP contribution in [0, 0.1) is 0 Å². The number of phosphoric acid groups is 3. The molecule has 2 fully saturated rings. The number of aryl methyl sites for hydroxylation is 1. The van der Waals surface area contributed by atoms with Crippen LogP contribution in [-0.2, 0) is 47.9 Å². The second kappa shape index (κ2) is 13.7. The Morgan fingerprint density at radius 3 is 2.04 bits per heavy atom. The van der Waals surface area contributed by atoms with E-state index in [0.717, 1.165) is 15.5 Å². The fourth-order valence-corrected chi connectivity index (χ4v) is 8.96. The predicted octanol–water partition coefficient (Wildman–Crippen LogP) is -4.55. The molecule has 4 aromatic rings. The van der Waals surface area contributed by atoms with Gasteiger partial charge in [-0.25, -0.2) is 23.2 Å². The number of aliphatic hydroxyl groups is 4. The van der Waals surface area contributed by atoms with E-state index in [9.17, 15) is 58.4 Å². The fraction of sp³-hybridized carbons (Fsp3) is 0.524. The minimum absolute atomic E-state index is 0.00983. The van der Waals surface area contributed by atoms with Crippen molar-refractivity contribution in [3.63, 3.8) is 0 Å². The van der Waals surface area contributed by atoms with Gasteiger partial charge in [0.1, 0.15) is 36.6 Å². The van der Waals surface area contributed by atoms with Gasteiger partial charge in [0.15, 0.2) is 23.7 Å². The molecule has 2 aliphatic rings. The summed E-state index contributed by atoms with van der Waals surface area (Å²) in [7, 11) is -15.9. The lowest BCUT2D eigenvalue weighted by Crippen LogP contribution is -2.46. The van der Waals surface area contributed by atoms with E-state index in [1.807, 2.05) is 0 Å². The van der Waals surface area contributed by atoms with E-state index in [4.69, 9.17) is 20.9 Å². The summed E-state index contributed by atoms with van der Waals surface area (Å²) in [5.74, 6) is -0.590. The molecule has 28 nitrogen and oxygen atoms in total. The van der Waals surface area contributed by atoms with E-state index in [1.54, 1.807) is 0 Å². The Balaban J connectivity index is 1.05. The zero-order valence-electron chi connectivity index (χ0n) is 26.0. The van der Waals surface area contributed by atoms with E-state index in [1.165, 1.54) is 17.9 Å². The first kappa shape index (κ1) is 38.2. The zero-order chi connectivity index (χ0) is 38.1. The van der Waals surface area contributed by atoms with E-state index in [0.29, 0.717) is 0 Å². The third-order valence-corrected chi connectivity index (χ3v) is 11.9. The quantitative estimate of drug-likeness (QED) is 0.0474. The first-order valence-electron chi connectivity index (χ1n) is 14.4. The third kappa shape index (κ3) is 7.46. The van der Waals surface area contributed by atoms with Gasteiger partial charge in [0.25, 0.3) is 17.1 Å². The van der Waals surface area contributed by atoms with Crippen molar-refractivity contribution in [1.29, 1.82) is 0 Å². The summed E-state index contributed by atoms with van der Waals surface area (Å²) in [5.41, 5.74) is 9.37. The van der Waals surface area contributed by atoms with Gasteiger partial charge >= 0.3 is 29.1 Å². The molecule has 52 heavy (non-hydrogen) atoms. The highest BCUT2D eigenvalue weighted by Crippen LogP contribution is 2.67. The minimum atomic E-state index is -6.00. The largest absolute Gasteiger partial charge is 0.490 e. The van der Waals surface area contributed by atoms with Crippen LogP contribution in [0.5, 0.6) is 0 Å². The number of nitrogens with zero attached hydrogens (tertiary/aromatic N) is 6. The second-order valence-corrected chi connectivity index (χ2v) is 15.9. The number of ether oxygens (including phenoxy) is 2. The zero-order valence-corrected chi connectivity index (χ0v) is 28.7. The molecule has 0 radical (unpaired) electrons. The number of aromatic amines is 2. The first-order valence-corrected chi connectivity index (χ1v) is 18.9. The number of nitrogen functional groups attached to an aromatic ring is 2. The van der Waals surface area contributed by atoms with Gasteiger partial charge < -0.3 is 56.0 Å². The molecule has 2 aliphatic heterocycles. The summed E-state index contributed by atoms with van der Waals surface area (Å²) < 4.78 is 69.1. The smallest absolute Gasteiger partial charge is 0.387 e. The molecule has 0 amide bonds. The van der Waals surface area contributed by atoms with Crippen molar-refractivity contribution in [2.24, 2.45) is 7.05 Å². The molecule has 286 valence electrons. The van der Waals surface area contributed by atoms with Gasteiger partial charge in [-0.05, 0) is 0 Å². The highest BCUT2D eigenvalue weighted by molar-refractivity contribution is 7.66. The van der Waals surface area contributed by atoms with Gasteiger partial charge in [0, 0.05) is 0 Å². The van der Waals surface area contributed by atoms with Gasteiger partial charge in [-0.2, -0.15) is 13.6 Å². The number of nitrogens with two attached hydrogens (primary N) is 2. The Morgan fingerprint density at radius 1 is 0.846 bits per heavy atom. The Labute approximate surface area is 286 Å². The molecule has 6 heterocycles. The topological polar surface area (TPSA) is 418 Å². The molecule has 0 saturated carbocycles. The highest BCUT2D eigenvalue weighted by Gasteiger charge is 2.50. The fourth-order valence-electron chi connectivity index (χ4n) is 5.44. The Hall–Kier alpha value is -3.53. The van der Waals surface area contributed by atoms with Gasteiger partial charge in [-0.3, -0.25) is 37.7 Å². The molecule has 0 aromatic carbocycles. The van der Waals surface area contributed by atoms with Crippen molar-refractivity contribution in [2.45, 2.75) is 49.1 Å². The average Bonchev–Trinajstić information content (AvgIpc) is 3.74. The summed E-state index contributed by atoms with van der Waals surface area (Å²) in [5, 5.41) is 42.0. The number of imidazole rings is 2. The van der Waals surface area contributed by atoms with Crippen LogP contribution in [-0.4, -0.2) is 119 Å². The number of H-pyrrole nitrogens is 2. The summed E-state index contributed by atoms with van der Waals surface area (Å²) in [6.07, 6.45) is -11.0. The summed E-state index contributed by atoms with van der Waals surface area (Å²) in [4.78, 5) is 70.6. The Morgan fingerprint density at radius 2 is 1.40 bits per heavy atom. The molecule has 0 bridgehead atoms. The van der Waals surface area contributed by atoms with Gasteiger partial charge in [0.05, 0.1) is 26.6 Å². The number of fused-ring (bicyclic) bond motifs is 2. The molecule has 0 aliphatic carbocycles. The van der Waals surface area contributed by atoms with Crippen LogP contribution in [0.25, 0.3) is 22.3 Å². The normalized spacial score (nSPS) is 30.1. The van der Waals surface area contributed by atoms with Crippen LogP contribution in [0.2, 0.25) is 0 Å². The average molecular weight is 803 g/mol. The number of aromatic nitrogens is 8. The van der Waals surface area contributed by atoms with Crippen LogP contribution in [0.1, 0.15) is 12.5 Å². The number of nitrogens with one attached hydrogen (secondary N) is 2. The first-order chi connectivity index (χ1) is 24.2. The van der Waals surface area contributed by atoms with Crippen LogP contribution in [0.3, 0.4) is 0 Å². The van der Waals surface area contributed by atoms with E-state index in [-0.39, 0.29) is 34.2 Å². The third-order valence-electron chi connectivity index (χ3n) is 7.68. The van der Waals surface area contributed by atoms with Gasteiger partial charge in [-0.1, -0.05) is 4.98 Å². The lowest BCUT2D eigenvalue weighted by molar-refractivity contribution is -0.745. The van der Waals surface area contributed by atoms with Gasteiger partial charge in [-0.15, -0.1) is 0 Å². The van der Waals surface area contributed by atoms with E-state index in [2.05, 4.69) is 42.6 Å². The molecule has 11 atom stereocenters. The molecular weight excluding hydrogens is 773 g/mol. The molecule has 2 saturated heterocycles. The van der Waals surface area contributed by atoms with Crippen molar-refractivity contribution in [3.05, 3.63) is 33.4 Å². The van der Waals surface area contributed by atoms with Crippen molar-refractivity contribution < 1.29 is 80.5 Å². The van der Waals surface area contributed by atoms with Crippen molar-refractivity contribution in [2.75, 3.05) is 24.7 Å². The molecular formula is C21H30N10O18P3+. The second-order valence-electron chi connectivity index (χ2n) is 11.3. The van der Waals surface area contributed by atoms with Crippen LogP contribution < -0.4 is 27.2 Å². The summed E-state index contributed by atoms with van der Waals surface area (Å²) >= 11 is 0. The maximum Gasteiger partial charge on any atom is 0.490 e. The molecule has 3 unspecified atom stereocenters. The number of hydrogen-bond donors (Lipinski definition) is 11. The maximum atomic E-state index is 12.5. The van der Waals surface area contributed by atoms with Crippen molar-refractivity contribution >= 4 is 57.7 Å². The lowest BCUT2D eigenvalue weighted by atomic mass is 10.1. The Kier molecular flexibility index (Phi) is 10.1. The molecule has 4 aromatic heterocycles. The predicted molar refractivity (Wildman–Crippen MR) is 164 cm³/mol. The highest BCUT2D eigenvalue weighted by atomic mass is 31.3. The van der Waals surface area contributed by atoms with Crippen molar-refractivity contribution in [1.82, 2.24) is 34.1 Å². The Bertz CT molecular complexity index is 2280. The van der Waals surface area contributed by atoms with E-state index >= 15 is 0 Å². The molecule has 0 spiro atoms. The van der Waals surface area contributed by atoms with Crippen LogP contribution in [0.15, 0.2) is 22.2 Å². The summed E-state index contributed by atoms with van der Waals surface area (Å²) in [6.45, 7) is -2.18. The molecule has 6 rings (SSSR count). The van der Waals surface area contributed by atoms with Crippen LogP contribution >= 0.6 is 23.5 Å². The number of aliphatic hydroxyl groups excluding tert-OH is 4. The van der Waals surface area contributed by atoms with Gasteiger partial charge in [0.2, 0.25) is 17.7 Å².